The Labute approximate surface area is 233 Å². The molecule has 0 bridgehead atoms. The molecule has 41 heavy (non-hydrogen) atoms. The molecule has 0 saturated carbocycles. The summed E-state index contributed by atoms with van der Waals surface area (Å²) in [6, 6.07) is 10.3. The van der Waals surface area contributed by atoms with Crippen molar-refractivity contribution in [1.82, 2.24) is 24.7 Å². The summed E-state index contributed by atoms with van der Waals surface area (Å²) in [5, 5.41) is 7.57. The highest BCUT2D eigenvalue weighted by molar-refractivity contribution is 6.03. The summed E-state index contributed by atoms with van der Waals surface area (Å²) >= 11 is 0. The number of hydrogen-bond acceptors (Lipinski definition) is 9. The first kappa shape index (κ1) is 27.2. The van der Waals surface area contributed by atoms with Crippen molar-refractivity contribution in [2.45, 2.75) is 19.9 Å². The van der Waals surface area contributed by atoms with E-state index in [-0.39, 0.29) is 23.2 Å². The van der Waals surface area contributed by atoms with Gasteiger partial charge in [0.05, 0.1) is 32.1 Å². The number of pyridine rings is 1. The predicted octanol–water partition coefficient (Wildman–Crippen LogP) is 5.03. The summed E-state index contributed by atoms with van der Waals surface area (Å²) in [5.41, 5.74) is 0.272. The van der Waals surface area contributed by atoms with Crippen molar-refractivity contribution in [1.29, 1.82) is 0 Å². The molecule has 12 heteroatoms. The van der Waals surface area contributed by atoms with Crippen LogP contribution in [0.3, 0.4) is 0 Å². The van der Waals surface area contributed by atoms with Crippen LogP contribution in [-0.2, 0) is 0 Å². The minimum atomic E-state index is -0.718. The van der Waals surface area contributed by atoms with E-state index in [9.17, 15) is 14.0 Å². The molecular weight excluding hydrogens is 531 g/mol. The number of hydrogen-bond donors (Lipinski definition) is 1. The van der Waals surface area contributed by atoms with Gasteiger partial charge in [-0.1, -0.05) is 0 Å². The third-order valence-corrected chi connectivity index (χ3v) is 6.12. The topological polar surface area (TPSA) is 130 Å². The molecule has 0 saturated heterocycles. The zero-order valence-electron chi connectivity index (χ0n) is 22.6. The smallest absolute Gasteiger partial charge is 0.263 e. The van der Waals surface area contributed by atoms with E-state index in [1.807, 2.05) is 13.8 Å². The molecule has 0 spiro atoms. The molecule has 0 aliphatic carbocycles. The van der Waals surface area contributed by atoms with Crippen LogP contribution < -0.4 is 25.0 Å². The number of ether oxygens (including phenoxy) is 3. The SMILES string of the molecule is COc1cc2nccc(Oc3cnc(NC(=O)c4cn(C(C)C)nc(-c5ccc(F)cc5)c4=O)nc3)c2cc1OC. The van der Waals surface area contributed by atoms with Gasteiger partial charge in [-0.3, -0.25) is 24.6 Å². The number of anilines is 1. The van der Waals surface area contributed by atoms with Crippen molar-refractivity contribution >= 4 is 22.8 Å². The Hall–Kier alpha value is -5.39. The van der Waals surface area contributed by atoms with Crippen LogP contribution in [0.4, 0.5) is 10.3 Å². The average Bonchev–Trinajstić information content (AvgIpc) is 2.98. The zero-order chi connectivity index (χ0) is 29.1. The van der Waals surface area contributed by atoms with Crippen LogP contribution in [0.2, 0.25) is 0 Å². The lowest BCUT2D eigenvalue weighted by atomic mass is 10.1. The van der Waals surface area contributed by atoms with Gasteiger partial charge in [-0.05, 0) is 50.2 Å². The number of methoxy groups -OCH3 is 2. The maximum absolute atomic E-state index is 13.4. The van der Waals surface area contributed by atoms with Crippen LogP contribution in [0, 0.1) is 5.82 Å². The molecule has 2 aromatic carbocycles. The van der Waals surface area contributed by atoms with E-state index in [0.29, 0.717) is 39.5 Å². The average molecular weight is 557 g/mol. The fraction of sp³-hybridized carbons (Fsp3) is 0.172. The summed E-state index contributed by atoms with van der Waals surface area (Å²) < 4.78 is 31.6. The van der Waals surface area contributed by atoms with Crippen molar-refractivity contribution in [3.8, 4) is 34.3 Å². The van der Waals surface area contributed by atoms with E-state index < -0.39 is 17.2 Å². The molecule has 3 aromatic heterocycles. The summed E-state index contributed by atoms with van der Waals surface area (Å²) in [6.45, 7) is 3.71. The molecule has 5 aromatic rings. The van der Waals surface area contributed by atoms with Crippen LogP contribution in [0.25, 0.3) is 22.2 Å². The molecule has 5 rings (SSSR count). The first-order valence-corrected chi connectivity index (χ1v) is 12.5. The third kappa shape index (κ3) is 5.66. The lowest BCUT2D eigenvalue weighted by Gasteiger charge is -2.14. The highest BCUT2D eigenvalue weighted by atomic mass is 19.1. The molecule has 0 unspecified atom stereocenters. The Balaban J connectivity index is 1.39. The summed E-state index contributed by atoms with van der Waals surface area (Å²) in [4.78, 5) is 39.0. The van der Waals surface area contributed by atoms with E-state index in [1.165, 1.54) is 54.6 Å². The van der Waals surface area contributed by atoms with Crippen molar-refractivity contribution in [3.63, 3.8) is 0 Å². The molecule has 0 aliphatic heterocycles. The Morgan fingerprint density at radius 2 is 1.63 bits per heavy atom. The highest BCUT2D eigenvalue weighted by Gasteiger charge is 2.20. The number of nitrogens with zero attached hydrogens (tertiary/aromatic N) is 5. The number of rotatable bonds is 8. The summed E-state index contributed by atoms with van der Waals surface area (Å²) in [5.74, 6) is 0.628. The van der Waals surface area contributed by atoms with E-state index in [1.54, 1.807) is 31.5 Å². The van der Waals surface area contributed by atoms with Gasteiger partial charge in [0.15, 0.2) is 17.2 Å². The molecule has 0 atom stereocenters. The van der Waals surface area contributed by atoms with E-state index in [4.69, 9.17) is 14.2 Å². The summed E-state index contributed by atoms with van der Waals surface area (Å²) in [6.07, 6.45) is 5.74. The standard InChI is InChI=1S/C29H25FN6O5/c1-16(2)36-15-21(27(37)26(35-36)17-5-7-18(30)8-6-17)28(38)34-29-32-13-19(14-33-29)41-23-9-10-31-22-12-25(40-4)24(39-3)11-20(22)23/h5-16H,1-4H3,(H,32,33,34,38). The number of nitrogens with one attached hydrogen (secondary N) is 1. The van der Waals surface area contributed by atoms with E-state index in [0.717, 1.165) is 0 Å². The van der Waals surface area contributed by atoms with Crippen LogP contribution in [0.1, 0.15) is 30.2 Å². The molecule has 0 aliphatic rings. The second-order valence-electron chi connectivity index (χ2n) is 9.13. The van der Waals surface area contributed by atoms with Crippen LogP contribution in [0.15, 0.2) is 72.0 Å². The van der Waals surface area contributed by atoms with Gasteiger partial charge in [-0.25, -0.2) is 14.4 Å². The maximum atomic E-state index is 13.4. The first-order valence-electron chi connectivity index (χ1n) is 12.5. The second kappa shape index (κ2) is 11.4. The number of amides is 1. The van der Waals surface area contributed by atoms with Crippen LogP contribution in [-0.4, -0.2) is 44.9 Å². The Morgan fingerprint density at radius 1 is 0.951 bits per heavy atom. The minimum absolute atomic E-state index is 0.0230. The number of aromatic nitrogens is 5. The molecule has 1 N–H and O–H groups in total. The molecular formula is C29H25FN6O5. The molecule has 11 nitrogen and oxygen atoms in total. The number of carbonyl (C=O) groups excluding carboxylic acids is 1. The van der Waals surface area contributed by atoms with Crippen LogP contribution in [0.5, 0.6) is 23.0 Å². The van der Waals surface area contributed by atoms with Crippen molar-refractivity contribution < 1.29 is 23.4 Å². The second-order valence-corrected chi connectivity index (χ2v) is 9.13. The minimum Gasteiger partial charge on any atom is -0.493 e. The lowest BCUT2D eigenvalue weighted by molar-refractivity contribution is 0.102. The fourth-order valence-electron chi connectivity index (χ4n) is 4.00. The van der Waals surface area contributed by atoms with Crippen molar-refractivity contribution in [3.05, 3.63) is 88.9 Å². The molecule has 208 valence electrons. The third-order valence-electron chi connectivity index (χ3n) is 6.12. The first-order chi connectivity index (χ1) is 19.8. The molecule has 1 amide bonds. The lowest BCUT2D eigenvalue weighted by Crippen LogP contribution is -2.27. The van der Waals surface area contributed by atoms with Gasteiger partial charge in [0.25, 0.3) is 5.91 Å². The van der Waals surface area contributed by atoms with E-state index >= 15 is 0 Å². The zero-order valence-corrected chi connectivity index (χ0v) is 22.6. The van der Waals surface area contributed by atoms with Crippen molar-refractivity contribution in [2.24, 2.45) is 0 Å². The largest absolute Gasteiger partial charge is 0.493 e. The van der Waals surface area contributed by atoms with E-state index in [2.05, 4.69) is 25.4 Å². The van der Waals surface area contributed by atoms with Gasteiger partial charge < -0.3 is 14.2 Å². The Kier molecular flexibility index (Phi) is 7.55. The number of halogens is 1. The molecule has 0 fully saturated rings. The molecule has 3 heterocycles. The van der Waals surface area contributed by atoms with Gasteiger partial charge >= 0.3 is 0 Å². The predicted molar refractivity (Wildman–Crippen MR) is 149 cm³/mol. The maximum Gasteiger partial charge on any atom is 0.263 e. The van der Waals surface area contributed by atoms with Gasteiger partial charge in [0.2, 0.25) is 11.4 Å². The Bertz CT molecular complexity index is 1790. The number of fused-ring (bicyclic) bond motifs is 1. The monoisotopic (exact) mass is 556 g/mol. The number of benzene rings is 2. The van der Waals surface area contributed by atoms with Gasteiger partial charge in [0, 0.05) is 35.5 Å². The van der Waals surface area contributed by atoms with Crippen molar-refractivity contribution in [2.75, 3.05) is 19.5 Å². The summed E-state index contributed by atoms with van der Waals surface area (Å²) in [7, 11) is 3.08. The fourth-order valence-corrected chi connectivity index (χ4v) is 4.00. The Morgan fingerprint density at radius 3 is 2.29 bits per heavy atom. The number of carbonyl (C=O) groups is 1. The highest BCUT2D eigenvalue weighted by Crippen LogP contribution is 2.36. The van der Waals surface area contributed by atoms with Gasteiger partial charge in [-0.2, -0.15) is 5.10 Å². The molecule has 0 radical (unpaired) electrons. The van der Waals surface area contributed by atoms with Crippen LogP contribution >= 0.6 is 0 Å². The quantitative estimate of drug-likeness (QED) is 0.280. The normalized spacial score (nSPS) is 11.0. The van der Waals surface area contributed by atoms with Gasteiger partial charge in [-0.15, -0.1) is 0 Å². The van der Waals surface area contributed by atoms with Gasteiger partial charge in [0.1, 0.15) is 22.8 Å².